The number of hydrogen-bond acceptors (Lipinski definition) is 2. The van der Waals surface area contributed by atoms with Gasteiger partial charge in [0, 0.05) is 17.7 Å². The number of unbranched alkanes of at least 4 members (excludes halogenated alkanes) is 2. The van der Waals surface area contributed by atoms with Gasteiger partial charge < -0.3 is 5.11 Å². The molecule has 0 radical (unpaired) electrons. The van der Waals surface area contributed by atoms with E-state index in [-0.39, 0.29) is 5.88 Å². The molecule has 0 unspecified atom stereocenters. The molecule has 114 valence electrons. The molecule has 0 saturated heterocycles. The number of hydrogen-bond donors (Lipinski definition) is 1. The van der Waals surface area contributed by atoms with Gasteiger partial charge in [0.1, 0.15) is 0 Å². The summed E-state index contributed by atoms with van der Waals surface area (Å²) in [5, 5.41) is 14.6. The second-order valence-electron chi connectivity index (χ2n) is 5.70. The van der Waals surface area contributed by atoms with Crippen molar-refractivity contribution in [1.29, 1.82) is 0 Å². The Labute approximate surface area is 127 Å². The van der Waals surface area contributed by atoms with E-state index >= 15 is 0 Å². The molecule has 3 nitrogen and oxygen atoms in total. The number of benzene rings is 1. The first-order valence-corrected chi connectivity index (χ1v) is 8.03. The van der Waals surface area contributed by atoms with E-state index < -0.39 is 0 Å². The molecule has 0 amide bonds. The summed E-state index contributed by atoms with van der Waals surface area (Å²) in [4.78, 5) is 0. The number of aromatic hydroxyl groups is 1. The molecule has 2 rings (SSSR count). The SMILES string of the molecule is CCCCc1c(O)nn(CCCC)c1-c1cccc(C)c1. The molecular formula is C18H26N2O. The van der Waals surface area contributed by atoms with Gasteiger partial charge in [0.2, 0.25) is 5.88 Å². The maximum absolute atomic E-state index is 10.2. The van der Waals surface area contributed by atoms with Crippen molar-refractivity contribution in [3.63, 3.8) is 0 Å². The molecule has 1 heterocycles. The van der Waals surface area contributed by atoms with E-state index in [0.29, 0.717) is 0 Å². The van der Waals surface area contributed by atoms with Crippen LogP contribution in [0.5, 0.6) is 5.88 Å². The fourth-order valence-electron chi connectivity index (χ4n) is 2.66. The van der Waals surface area contributed by atoms with E-state index in [1.54, 1.807) is 0 Å². The number of nitrogens with zero attached hydrogens (tertiary/aromatic N) is 2. The average molecular weight is 286 g/mol. The summed E-state index contributed by atoms with van der Waals surface area (Å²) in [6.07, 6.45) is 5.28. The molecular weight excluding hydrogens is 260 g/mol. The lowest BCUT2D eigenvalue weighted by Crippen LogP contribution is -2.03. The predicted molar refractivity (Wildman–Crippen MR) is 87.6 cm³/mol. The Balaban J connectivity index is 2.47. The molecule has 0 aliphatic rings. The number of aromatic nitrogens is 2. The van der Waals surface area contributed by atoms with Crippen LogP contribution in [0.3, 0.4) is 0 Å². The van der Waals surface area contributed by atoms with Crippen molar-refractivity contribution in [2.75, 3.05) is 0 Å². The first-order chi connectivity index (χ1) is 10.2. The summed E-state index contributed by atoms with van der Waals surface area (Å²) in [5.41, 5.74) is 4.48. The largest absolute Gasteiger partial charge is 0.492 e. The van der Waals surface area contributed by atoms with Crippen LogP contribution in [0, 0.1) is 6.92 Å². The van der Waals surface area contributed by atoms with Crippen LogP contribution in [0.25, 0.3) is 11.3 Å². The average Bonchev–Trinajstić information content (AvgIpc) is 2.78. The van der Waals surface area contributed by atoms with Crippen LogP contribution in [-0.4, -0.2) is 14.9 Å². The van der Waals surface area contributed by atoms with Gasteiger partial charge in [-0.2, -0.15) is 0 Å². The zero-order chi connectivity index (χ0) is 15.2. The molecule has 0 saturated carbocycles. The Morgan fingerprint density at radius 3 is 2.57 bits per heavy atom. The van der Waals surface area contributed by atoms with Crippen molar-refractivity contribution in [3.8, 4) is 17.1 Å². The van der Waals surface area contributed by atoms with E-state index in [1.807, 2.05) is 4.68 Å². The summed E-state index contributed by atoms with van der Waals surface area (Å²) >= 11 is 0. The van der Waals surface area contributed by atoms with Gasteiger partial charge in [-0.05, 0) is 32.3 Å². The Morgan fingerprint density at radius 1 is 1.14 bits per heavy atom. The van der Waals surface area contributed by atoms with Crippen LogP contribution >= 0.6 is 0 Å². The molecule has 0 fully saturated rings. The molecule has 0 bridgehead atoms. The van der Waals surface area contributed by atoms with Gasteiger partial charge in [0.05, 0.1) is 5.69 Å². The van der Waals surface area contributed by atoms with E-state index in [9.17, 15) is 5.11 Å². The first-order valence-electron chi connectivity index (χ1n) is 8.03. The third-order valence-corrected chi connectivity index (χ3v) is 3.82. The van der Waals surface area contributed by atoms with Crippen LogP contribution in [0.2, 0.25) is 0 Å². The van der Waals surface area contributed by atoms with Crippen LogP contribution in [0.15, 0.2) is 24.3 Å². The molecule has 1 N–H and O–H groups in total. The van der Waals surface area contributed by atoms with Crippen molar-refractivity contribution in [3.05, 3.63) is 35.4 Å². The fourth-order valence-corrected chi connectivity index (χ4v) is 2.66. The van der Waals surface area contributed by atoms with Crippen LogP contribution in [0.1, 0.15) is 50.7 Å². The maximum atomic E-state index is 10.2. The summed E-state index contributed by atoms with van der Waals surface area (Å²) in [6.45, 7) is 7.31. The summed E-state index contributed by atoms with van der Waals surface area (Å²) in [6, 6.07) is 8.46. The zero-order valence-electron chi connectivity index (χ0n) is 13.4. The minimum Gasteiger partial charge on any atom is -0.492 e. The lowest BCUT2D eigenvalue weighted by molar-refractivity contribution is 0.430. The zero-order valence-corrected chi connectivity index (χ0v) is 13.4. The van der Waals surface area contributed by atoms with Gasteiger partial charge in [-0.25, -0.2) is 0 Å². The molecule has 0 spiro atoms. The molecule has 3 heteroatoms. The molecule has 0 atom stereocenters. The third-order valence-electron chi connectivity index (χ3n) is 3.82. The second kappa shape index (κ2) is 7.30. The lowest BCUT2D eigenvalue weighted by Gasteiger charge is -2.10. The van der Waals surface area contributed by atoms with Gasteiger partial charge in [0.15, 0.2) is 0 Å². The molecule has 1 aromatic heterocycles. The lowest BCUT2D eigenvalue weighted by atomic mass is 10.0. The predicted octanol–water partition coefficient (Wildman–Crippen LogP) is 4.71. The Hall–Kier alpha value is -1.77. The highest BCUT2D eigenvalue weighted by Gasteiger charge is 2.18. The summed E-state index contributed by atoms with van der Waals surface area (Å²) in [5.74, 6) is 0.205. The van der Waals surface area contributed by atoms with Crippen molar-refractivity contribution in [2.24, 2.45) is 0 Å². The smallest absolute Gasteiger partial charge is 0.234 e. The molecule has 2 aromatic rings. The van der Waals surface area contributed by atoms with E-state index in [2.05, 4.69) is 50.1 Å². The minimum absolute atomic E-state index is 0.205. The fraction of sp³-hybridized carbons (Fsp3) is 0.500. The topological polar surface area (TPSA) is 38.1 Å². The van der Waals surface area contributed by atoms with Gasteiger partial charge in [-0.15, -0.1) is 5.10 Å². The van der Waals surface area contributed by atoms with Crippen LogP contribution < -0.4 is 0 Å². The van der Waals surface area contributed by atoms with Gasteiger partial charge >= 0.3 is 0 Å². The van der Waals surface area contributed by atoms with Gasteiger partial charge in [0.25, 0.3) is 0 Å². The highest BCUT2D eigenvalue weighted by atomic mass is 16.3. The van der Waals surface area contributed by atoms with Crippen molar-refractivity contribution >= 4 is 0 Å². The highest BCUT2D eigenvalue weighted by Crippen LogP contribution is 2.32. The normalized spacial score (nSPS) is 11.0. The Bertz CT molecular complexity index is 587. The van der Waals surface area contributed by atoms with Crippen molar-refractivity contribution in [1.82, 2.24) is 9.78 Å². The molecule has 1 aromatic carbocycles. The van der Waals surface area contributed by atoms with Gasteiger partial charge in [-0.3, -0.25) is 4.68 Å². The van der Waals surface area contributed by atoms with Crippen molar-refractivity contribution in [2.45, 2.75) is 59.4 Å². The maximum Gasteiger partial charge on any atom is 0.234 e. The number of aryl methyl sites for hydroxylation is 2. The second-order valence-corrected chi connectivity index (χ2v) is 5.70. The summed E-state index contributed by atoms with van der Waals surface area (Å²) in [7, 11) is 0. The molecule has 0 aliphatic carbocycles. The highest BCUT2D eigenvalue weighted by molar-refractivity contribution is 5.66. The standard InChI is InChI=1S/C18H26N2O/c1-4-6-11-16-17(15-10-8-9-14(3)13-15)20(12-7-5-2)19-18(16)21/h8-10,13H,4-7,11-12H2,1-3H3,(H,19,21). The van der Waals surface area contributed by atoms with E-state index in [1.165, 1.54) is 5.56 Å². The van der Waals surface area contributed by atoms with E-state index in [0.717, 1.165) is 55.5 Å². The summed E-state index contributed by atoms with van der Waals surface area (Å²) < 4.78 is 1.98. The first kappa shape index (κ1) is 15.6. The van der Waals surface area contributed by atoms with E-state index in [4.69, 9.17) is 0 Å². The minimum atomic E-state index is 0.205. The monoisotopic (exact) mass is 286 g/mol. The van der Waals surface area contributed by atoms with Gasteiger partial charge in [-0.1, -0.05) is 50.5 Å². The molecule has 0 aliphatic heterocycles. The quantitative estimate of drug-likeness (QED) is 0.800. The molecule has 21 heavy (non-hydrogen) atoms. The van der Waals surface area contributed by atoms with Crippen LogP contribution in [0.4, 0.5) is 0 Å². The van der Waals surface area contributed by atoms with Crippen molar-refractivity contribution < 1.29 is 5.11 Å². The Morgan fingerprint density at radius 2 is 1.90 bits per heavy atom. The Kier molecular flexibility index (Phi) is 5.43. The number of rotatable bonds is 7. The third kappa shape index (κ3) is 3.66. The van der Waals surface area contributed by atoms with Crippen LogP contribution in [-0.2, 0) is 13.0 Å².